The Labute approximate surface area is 199 Å². The first-order valence-electron chi connectivity index (χ1n) is 13.9. The molecule has 2 N–H and O–H groups in total. The van der Waals surface area contributed by atoms with Crippen LogP contribution in [0.25, 0.3) is 0 Å². The van der Waals surface area contributed by atoms with Crippen LogP contribution in [0, 0.1) is 39.9 Å². The third-order valence-electron chi connectivity index (χ3n) is 12.0. The SMILES string of the molecule is CC(C)=CCC[C@](C)(O)[C@H]1CC[C@]2(C)[C@@H]1CC[C@@H]1[C@@]3(C)CCCNC(C)(C)[C@@H]3CC[C@]12C. The summed E-state index contributed by atoms with van der Waals surface area (Å²) in [5.41, 5.74) is 2.31. The molecule has 1 heterocycles. The number of rotatable bonds is 4. The van der Waals surface area contributed by atoms with Gasteiger partial charge in [-0.15, -0.1) is 0 Å². The fourth-order valence-corrected chi connectivity index (χ4v) is 10.2. The molecule has 4 aliphatic rings. The summed E-state index contributed by atoms with van der Waals surface area (Å²) < 4.78 is 0. The lowest BCUT2D eigenvalue weighted by Gasteiger charge is -2.67. The number of fused-ring (bicyclic) bond motifs is 5. The third kappa shape index (κ3) is 3.65. The number of allylic oxidation sites excluding steroid dienone is 2. The van der Waals surface area contributed by atoms with Crippen molar-refractivity contribution in [2.75, 3.05) is 6.54 Å². The van der Waals surface area contributed by atoms with Crippen LogP contribution in [-0.4, -0.2) is 22.8 Å². The summed E-state index contributed by atoms with van der Waals surface area (Å²) in [4.78, 5) is 0. The molecule has 184 valence electrons. The highest BCUT2D eigenvalue weighted by Gasteiger charge is 2.68. The van der Waals surface area contributed by atoms with E-state index >= 15 is 0 Å². The van der Waals surface area contributed by atoms with Crippen molar-refractivity contribution in [1.82, 2.24) is 5.32 Å². The quantitative estimate of drug-likeness (QED) is 0.441. The summed E-state index contributed by atoms with van der Waals surface area (Å²) in [5.74, 6) is 2.75. The molecule has 3 aliphatic carbocycles. The summed E-state index contributed by atoms with van der Waals surface area (Å²) >= 11 is 0. The molecule has 0 unspecified atom stereocenters. The van der Waals surface area contributed by atoms with Gasteiger partial charge in [0.1, 0.15) is 0 Å². The molecule has 2 nitrogen and oxygen atoms in total. The van der Waals surface area contributed by atoms with Crippen LogP contribution in [-0.2, 0) is 0 Å². The van der Waals surface area contributed by atoms with Crippen LogP contribution in [0.3, 0.4) is 0 Å². The summed E-state index contributed by atoms with van der Waals surface area (Å²) in [7, 11) is 0. The van der Waals surface area contributed by atoms with Crippen molar-refractivity contribution in [3.8, 4) is 0 Å². The van der Waals surface area contributed by atoms with Crippen LogP contribution in [0.15, 0.2) is 11.6 Å². The molecule has 1 aliphatic heterocycles. The largest absolute Gasteiger partial charge is 0.390 e. The lowest BCUT2D eigenvalue weighted by molar-refractivity contribution is -0.189. The molecular formula is C30H53NO. The molecule has 0 spiro atoms. The molecular weight excluding hydrogens is 390 g/mol. The molecule has 8 atom stereocenters. The van der Waals surface area contributed by atoms with E-state index in [-0.39, 0.29) is 5.54 Å². The zero-order valence-corrected chi connectivity index (χ0v) is 22.6. The summed E-state index contributed by atoms with van der Waals surface area (Å²) in [5, 5.41) is 15.6. The van der Waals surface area contributed by atoms with Crippen molar-refractivity contribution in [3.63, 3.8) is 0 Å². The molecule has 1 saturated heterocycles. The van der Waals surface area contributed by atoms with Gasteiger partial charge >= 0.3 is 0 Å². The lowest BCUT2D eigenvalue weighted by Crippen LogP contribution is -2.63. The van der Waals surface area contributed by atoms with E-state index in [1.54, 1.807) is 0 Å². The minimum atomic E-state index is -0.535. The fraction of sp³-hybridized carbons (Fsp3) is 0.933. The molecule has 0 aromatic heterocycles. The molecule has 0 bridgehead atoms. The minimum absolute atomic E-state index is 0.247. The van der Waals surface area contributed by atoms with Gasteiger partial charge in [0.2, 0.25) is 0 Å². The van der Waals surface area contributed by atoms with Crippen molar-refractivity contribution in [1.29, 1.82) is 0 Å². The van der Waals surface area contributed by atoms with E-state index in [1.165, 1.54) is 63.5 Å². The van der Waals surface area contributed by atoms with Gasteiger partial charge < -0.3 is 10.4 Å². The molecule has 0 radical (unpaired) electrons. The molecule has 3 saturated carbocycles. The molecule has 0 aromatic rings. The number of aliphatic hydroxyl groups is 1. The van der Waals surface area contributed by atoms with Crippen LogP contribution < -0.4 is 5.32 Å². The first-order chi connectivity index (χ1) is 14.8. The van der Waals surface area contributed by atoms with E-state index in [0.717, 1.165) is 24.7 Å². The maximum Gasteiger partial charge on any atom is 0.0653 e. The van der Waals surface area contributed by atoms with Gasteiger partial charge in [0.05, 0.1) is 5.60 Å². The smallest absolute Gasteiger partial charge is 0.0653 e. The molecule has 32 heavy (non-hydrogen) atoms. The molecule has 4 fully saturated rings. The Balaban J connectivity index is 1.62. The van der Waals surface area contributed by atoms with E-state index in [4.69, 9.17) is 0 Å². The van der Waals surface area contributed by atoms with Crippen LogP contribution in [0.2, 0.25) is 0 Å². The Hall–Kier alpha value is -0.340. The standard InChI is InChI=1S/C30H53NO/c1-21(2)11-9-17-30(8,32)23-14-18-28(6)22(23)12-13-25-27(5)16-10-20-31-26(3,4)24(27)15-19-29(25,28)7/h11,22-25,31-32H,9-10,12-20H2,1-8H3/t22-,23+,24+,25-,27+,28-,29-,30+/m1/s1. The Morgan fingerprint density at radius 1 is 0.938 bits per heavy atom. The number of nitrogens with one attached hydrogen (secondary N) is 1. The minimum Gasteiger partial charge on any atom is -0.390 e. The molecule has 4 rings (SSSR count). The fourth-order valence-electron chi connectivity index (χ4n) is 10.2. The second-order valence-electron chi connectivity index (χ2n) is 14.2. The predicted octanol–water partition coefficient (Wildman–Crippen LogP) is 7.51. The van der Waals surface area contributed by atoms with E-state index in [0.29, 0.717) is 28.1 Å². The highest BCUT2D eigenvalue weighted by Crippen LogP contribution is 2.74. The van der Waals surface area contributed by atoms with Crippen molar-refractivity contribution in [2.45, 2.75) is 131 Å². The Kier molecular flexibility index (Phi) is 6.28. The molecule has 0 amide bonds. The van der Waals surface area contributed by atoms with Crippen molar-refractivity contribution in [2.24, 2.45) is 39.9 Å². The van der Waals surface area contributed by atoms with Crippen LogP contribution >= 0.6 is 0 Å². The lowest BCUT2D eigenvalue weighted by atomic mass is 9.37. The summed E-state index contributed by atoms with van der Waals surface area (Å²) in [6, 6.07) is 0. The van der Waals surface area contributed by atoms with Gasteiger partial charge in [-0.05, 0) is 145 Å². The Morgan fingerprint density at radius 3 is 2.31 bits per heavy atom. The average Bonchev–Trinajstić information content (AvgIpc) is 2.98. The van der Waals surface area contributed by atoms with Crippen molar-refractivity contribution >= 4 is 0 Å². The maximum atomic E-state index is 11.7. The first-order valence-corrected chi connectivity index (χ1v) is 13.9. The zero-order chi connectivity index (χ0) is 23.6. The predicted molar refractivity (Wildman–Crippen MR) is 137 cm³/mol. The van der Waals surface area contributed by atoms with Crippen molar-refractivity contribution < 1.29 is 5.11 Å². The second kappa shape index (κ2) is 8.11. The van der Waals surface area contributed by atoms with Crippen LogP contribution in [0.4, 0.5) is 0 Å². The first kappa shape index (κ1) is 24.8. The van der Waals surface area contributed by atoms with Crippen LogP contribution in [0.1, 0.15) is 120 Å². The van der Waals surface area contributed by atoms with E-state index in [9.17, 15) is 5.11 Å². The summed E-state index contributed by atoms with van der Waals surface area (Å²) in [6.07, 6.45) is 14.9. The van der Waals surface area contributed by atoms with Gasteiger partial charge in [0.15, 0.2) is 0 Å². The highest BCUT2D eigenvalue weighted by molar-refractivity contribution is 5.18. The Bertz CT molecular complexity index is 733. The zero-order valence-electron chi connectivity index (χ0n) is 22.6. The monoisotopic (exact) mass is 443 g/mol. The van der Waals surface area contributed by atoms with Gasteiger partial charge in [0.25, 0.3) is 0 Å². The second-order valence-corrected chi connectivity index (χ2v) is 14.2. The normalized spacial score (nSPS) is 47.4. The van der Waals surface area contributed by atoms with Gasteiger partial charge in [-0.2, -0.15) is 0 Å². The number of hydrogen-bond donors (Lipinski definition) is 2. The number of hydrogen-bond acceptors (Lipinski definition) is 2. The van der Waals surface area contributed by atoms with E-state index < -0.39 is 5.60 Å². The van der Waals surface area contributed by atoms with Gasteiger partial charge in [-0.1, -0.05) is 32.4 Å². The van der Waals surface area contributed by atoms with Gasteiger partial charge in [-0.25, -0.2) is 0 Å². The topological polar surface area (TPSA) is 32.3 Å². The maximum absolute atomic E-state index is 11.7. The third-order valence-corrected chi connectivity index (χ3v) is 12.0. The Morgan fingerprint density at radius 2 is 1.62 bits per heavy atom. The van der Waals surface area contributed by atoms with Gasteiger partial charge in [-0.3, -0.25) is 0 Å². The van der Waals surface area contributed by atoms with E-state index in [2.05, 4.69) is 66.8 Å². The molecule has 2 heteroatoms. The van der Waals surface area contributed by atoms with Crippen LogP contribution in [0.5, 0.6) is 0 Å². The highest BCUT2D eigenvalue weighted by atomic mass is 16.3. The van der Waals surface area contributed by atoms with E-state index in [1.807, 2.05) is 0 Å². The average molecular weight is 444 g/mol. The molecule has 0 aromatic carbocycles. The van der Waals surface area contributed by atoms with Crippen molar-refractivity contribution in [3.05, 3.63) is 11.6 Å². The summed E-state index contributed by atoms with van der Waals surface area (Å²) in [6.45, 7) is 20.7. The van der Waals surface area contributed by atoms with Gasteiger partial charge in [0, 0.05) is 5.54 Å².